The Balaban J connectivity index is 1.46. The fourth-order valence-electron chi connectivity index (χ4n) is 3.69. The number of carbonyl (C=O) groups is 4. The van der Waals surface area contributed by atoms with Crippen molar-refractivity contribution in [2.24, 2.45) is 5.92 Å². The number of piperidine rings is 1. The number of rotatable bonds is 4. The first kappa shape index (κ1) is 20.1. The lowest BCUT2D eigenvalue weighted by molar-refractivity contribution is -0.139. The molecule has 0 N–H and O–H groups in total. The zero-order chi connectivity index (χ0) is 21.3. The molecule has 0 radical (unpaired) electrons. The Bertz CT molecular complexity index is 1020. The maximum Gasteiger partial charge on any atom is 0.316 e. The number of halogens is 1. The van der Waals surface area contributed by atoms with Gasteiger partial charge in [0.25, 0.3) is 0 Å². The zero-order valence-corrected chi connectivity index (χ0v) is 16.8. The lowest BCUT2D eigenvalue weighted by atomic mass is 10.1. The molecule has 0 aromatic heterocycles. The third kappa shape index (κ3) is 4.07. The van der Waals surface area contributed by atoms with E-state index in [4.69, 9.17) is 16.3 Å². The van der Waals surface area contributed by atoms with Crippen LogP contribution in [0.2, 0.25) is 5.02 Å². The number of imide groups is 1. The highest BCUT2D eigenvalue weighted by Crippen LogP contribution is 2.30. The van der Waals surface area contributed by atoms with Crippen LogP contribution in [-0.4, -0.2) is 30.2 Å². The zero-order valence-electron chi connectivity index (χ0n) is 16.0. The van der Waals surface area contributed by atoms with E-state index in [-0.39, 0.29) is 36.4 Å². The summed E-state index contributed by atoms with van der Waals surface area (Å²) in [6, 6.07) is 13.2. The summed E-state index contributed by atoms with van der Waals surface area (Å²) in [6.07, 6.45) is 1.19. The van der Waals surface area contributed by atoms with E-state index < -0.39 is 11.9 Å². The van der Waals surface area contributed by atoms with Gasteiger partial charge in [0, 0.05) is 42.6 Å². The molecule has 2 aromatic rings. The Morgan fingerprint density at radius 1 is 0.933 bits per heavy atom. The molecule has 0 saturated carbocycles. The van der Waals surface area contributed by atoms with Crippen LogP contribution in [0.3, 0.4) is 0 Å². The number of benzene rings is 2. The topological polar surface area (TPSA) is 84.0 Å². The van der Waals surface area contributed by atoms with Crippen molar-refractivity contribution >= 4 is 46.7 Å². The van der Waals surface area contributed by atoms with Crippen molar-refractivity contribution in [3.05, 3.63) is 53.6 Å². The lowest BCUT2D eigenvalue weighted by Crippen LogP contribution is -2.40. The molecule has 2 saturated heterocycles. The number of ether oxygens (including phenoxy) is 1. The largest absolute Gasteiger partial charge is 0.426 e. The van der Waals surface area contributed by atoms with E-state index in [0.717, 1.165) is 4.90 Å². The average Bonchev–Trinajstić information content (AvgIpc) is 3.10. The standard InChI is InChI=1S/C22H19ClN2O5/c23-15-4-1-5-16(11-15)24-13-14(10-21(24)28)22(29)30-18-7-2-6-17(12-18)25-19(26)8-3-9-20(25)27/h1-2,4-7,11-12,14H,3,8-10,13H2/t14-/m0/s1. The Morgan fingerprint density at radius 3 is 2.37 bits per heavy atom. The molecular formula is C22H19ClN2O5. The molecule has 7 nitrogen and oxygen atoms in total. The number of anilines is 2. The molecule has 2 heterocycles. The molecule has 8 heteroatoms. The molecular weight excluding hydrogens is 408 g/mol. The number of hydrogen-bond donors (Lipinski definition) is 0. The fraction of sp³-hybridized carbons (Fsp3) is 0.273. The van der Waals surface area contributed by atoms with E-state index >= 15 is 0 Å². The van der Waals surface area contributed by atoms with E-state index in [0.29, 0.717) is 35.7 Å². The Labute approximate surface area is 178 Å². The van der Waals surface area contributed by atoms with E-state index in [1.807, 2.05) is 0 Å². The normalized spacial score (nSPS) is 19.4. The lowest BCUT2D eigenvalue weighted by Gasteiger charge is -2.25. The van der Waals surface area contributed by atoms with Gasteiger partial charge in [-0.2, -0.15) is 0 Å². The first-order chi connectivity index (χ1) is 14.4. The number of amides is 3. The average molecular weight is 427 g/mol. The van der Waals surface area contributed by atoms with Gasteiger partial charge in [-0.1, -0.05) is 23.7 Å². The summed E-state index contributed by atoms with van der Waals surface area (Å²) < 4.78 is 5.46. The first-order valence-electron chi connectivity index (χ1n) is 9.66. The first-order valence-corrected chi connectivity index (χ1v) is 10.0. The van der Waals surface area contributed by atoms with Crippen LogP contribution in [0.25, 0.3) is 0 Å². The number of carbonyl (C=O) groups excluding carboxylic acids is 4. The van der Waals surface area contributed by atoms with Crippen molar-refractivity contribution in [1.82, 2.24) is 0 Å². The van der Waals surface area contributed by atoms with Crippen molar-refractivity contribution in [2.45, 2.75) is 25.7 Å². The molecule has 1 atom stereocenters. The molecule has 2 aliphatic heterocycles. The highest BCUT2D eigenvalue weighted by atomic mass is 35.5. The molecule has 0 bridgehead atoms. The van der Waals surface area contributed by atoms with Gasteiger partial charge in [0.05, 0.1) is 11.6 Å². The highest BCUT2D eigenvalue weighted by molar-refractivity contribution is 6.31. The molecule has 2 aliphatic rings. The second-order valence-corrected chi connectivity index (χ2v) is 7.72. The second kappa shape index (κ2) is 8.28. The maximum absolute atomic E-state index is 12.6. The molecule has 4 rings (SSSR count). The summed E-state index contributed by atoms with van der Waals surface area (Å²) >= 11 is 6.00. The van der Waals surface area contributed by atoms with Crippen LogP contribution in [0, 0.1) is 5.92 Å². The third-order valence-electron chi connectivity index (χ3n) is 5.15. The summed E-state index contributed by atoms with van der Waals surface area (Å²) in [4.78, 5) is 51.9. The summed E-state index contributed by atoms with van der Waals surface area (Å²) in [5.41, 5.74) is 1.00. The number of hydrogen-bond acceptors (Lipinski definition) is 5. The molecule has 154 valence electrons. The van der Waals surface area contributed by atoms with Gasteiger partial charge in [-0.15, -0.1) is 0 Å². The third-order valence-corrected chi connectivity index (χ3v) is 5.39. The molecule has 3 amide bonds. The Kier molecular flexibility index (Phi) is 5.55. The predicted molar refractivity (Wildman–Crippen MR) is 110 cm³/mol. The minimum absolute atomic E-state index is 0.0358. The van der Waals surface area contributed by atoms with E-state index in [9.17, 15) is 19.2 Å². The Hall–Kier alpha value is -3.19. The van der Waals surface area contributed by atoms with Crippen molar-refractivity contribution in [1.29, 1.82) is 0 Å². The minimum Gasteiger partial charge on any atom is -0.426 e. The van der Waals surface area contributed by atoms with Crippen LogP contribution in [0.4, 0.5) is 11.4 Å². The van der Waals surface area contributed by atoms with E-state index in [1.54, 1.807) is 42.5 Å². The summed E-state index contributed by atoms with van der Waals surface area (Å²) in [7, 11) is 0. The quantitative estimate of drug-likeness (QED) is 0.425. The second-order valence-electron chi connectivity index (χ2n) is 7.28. The van der Waals surface area contributed by atoms with Crippen LogP contribution in [0.15, 0.2) is 48.5 Å². The number of esters is 1. The van der Waals surface area contributed by atoms with Crippen LogP contribution < -0.4 is 14.5 Å². The van der Waals surface area contributed by atoms with Crippen molar-refractivity contribution < 1.29 is 23.9 Å². The smallest absolute Gasteiger partial charge is 0.316 e. The van der Waals surface area contributed by atoms with Crippen LogP contribution in [0.5, 0.6) is 5.75 Å². The summed E-state index contributed by atoms with van der Waals surface area (Å²) in [6.45, 7) is 0.195. The van der Waals surface area contributed by atoms with E-state index in [2.05, 4.69) is 0 Å². The predicted octanol–water partition coefficient (Wildman–Crippen LogP) is 3.34. The molecule has 0 unspecified atom stereocenters. The summed E-state index contributed by atoms with van der Waals surface area (Å²) in [5.74, 6) is -1.67. The fourth-order valence-corrected chi connectivity index (χ4v) is 3.87. The monoisotopic (exact) mass is 426 g/mol. The molecule has 0 aliphatic carbocycles. The van der Waals surface area contributed by atoms with Gasteiger partial charge < -0.3 is 9.64 Å². The van der Waals surface area contributed by atoms with Crippen LogP contribution in [-0.2, 0) is 19.2 Å². The number of nitrogens with zero attached hydrogens (tertiary/aromatic N) is 2. The van der Waals surface area contributed by atoms with Crippen molar-refractivity contribution in [3.8, 4) is 5.75 Å². The van der Waals surface area contributed by atoms with Crippen molar-refractivity contribution in [2.75, 3.05) is 16.3 Å². The van der Waals surface area contributed by atoms with Gasteiger partial charge in [-0.3, -0.25) is 24.1 Å². The van der Waals surface area contributed by atoms with Crippen LogP contribution in [0.1, 0.15) is 25.7 Å². The van der Waals surface area contributed by atoms with Gasteiger partial charge in [-0.25, -0.2) is 0 Å². The Morgan fingerprint density at radius 2 is 1.63 bits per heavy atom. The molecule has 2 aromatic carbocycles. The van der Waals surface area contributed by atoms with Crippen molar-refractivity contribution in [3.63, 3.8) is 0 Å². The minimum atomic E-state index is -0.626. The highest BCUT2D eigenvalue weighted by Gasteiger charge is 2.36. The van der Waals surface area contributed by atoms with Gasteiger partial charge in [-0.05, 0) is 36.8 Å². The molecule has 0 spiro atoms. The summed E-state index contributed by atoms with van der Waals surface area (Å²) in [5, 5.41) is 0.505. The maximum atomic E-state index is 12.6. The SMILES string of the molecule is O=C(Oc1cccc(N2C(=O)CCCC2=O)c1)[C@H]1CC(=O)N(c2cccc(Cl)c2)C1. The van der Waals surface area contributed by atoms with Gasteiger partial charge >= 0.3 is 5.97 Å². The molecule has 2 fully saturated rings. The van der Waals surface area contributed by atoms with Gasteiger partial charge in [0.15, 0.2) is 0 Å². The van der Waals surface area contributed by atoms with E-state index in [1.165, 1.54) is 11.0 Å². The van der Waals surface area contributed by atoms with Gasteiger partial charge in [0.2, 0.25) is 17.7 Å². The molecule has 30 heavy (non-hydrogen) atoms. The van der Waals surface area contributed by atoms with Gasteiger partial charge in [0.1, 0.15) is 5.75 Å². The van der Waals surface area contributed by atoms with Crippen LogP contribution >= 0.6 is 11.6 Å².